The van der Waals surface area contributed by atoms with Crippen LogP contribution >= 0.6 is 0 Å². The van der Waals surface area contributed by atoms with Crippen LogP contribution in [0.1, 0.15) is 13.8 Å². The molecule has 0 aliphatic carbocycles. The third kappa shape index (κ3) is 3.98. The van der Waals surface area contributed by atoms with E-state index in [4.69, 9.17) is 4.74 Å². The average molecular weight is 243 g/mol. The van der Waals surface area contributed by atoms with Crippen molar-refractivity contribution in [2.75, 3.05) is 39.9 Å². The minimum absolute atomic E-state index is 0.0364. The predicted molar refractivity (Wildman–Crippen MR) is 63.5 cm³/mol. The van der Waals surface area contributed by atoms with Gasteiger partial charge < -0.3 is 20.3 Å². The van der Waals surface area contributed by atoms with Gasteiger partial charge in [-0.3, -0.25) is 9.59 Å². The quantitative estimate of drug-likeness (QED) is 0.605. The van der Waals surface area contributed by atoms with Crippen LogP contribution < -0.4 is 10.6 Å². The fourth-order valence-electron chi connectivity index (χ4n) is 1.75. The van der Waals surface area contributed by atoms with E-state index >= 15 is 0 Å². The van der Waals surface area contributed by atoms with E-state index in [1.165, 1.54) is 0 Å². The van der Waals surface area contributed by atoms with Gasteiger partial charge >= 0.3 is 0 Å². The molecule has 0 aromatic carbocycles. The van der Waals surface area contributed by atoms with Crippen LogP contribution in [0.15, 0.2) is 0 Å². The van der Waals surface area contributed by atoms with Crippen LogP contribution in [0.3, 0.4) is 0 Å². The second-order valence-corrected chi connectivity index (χ2v) is 4.62. The Bertz CT molecular complexity index is 292. The molecule has 2 amide bonds. The molecule has 1 heterocycles. The molecule has 1 aliphatic rings. The number of hydrogen-bond donors (Lipinski definition) is 2. The molecular formula is C11H21N3O3. The van der Waals surface area contributed by atoms with E-state index in [2.05, 4.69) is 10.6 Å². The number of ether oxygens (including phenoxy) is 1. The maximum Gasteiger partial charge on any atom is 0.242 e. The van der Waals surface area contributed by atoms with Crippen molar-refractivity contribution >= 4 is 11.8 Å². The molecule has 2 N–H and O–H groups in total. The summed E-state index contributed by atoms with van der Waals surface area (Å²) in [5, 5.41) is 5.82. The number of carbonyl (C=O) groups excluding carboxylic acids is 2. The zero-order chi connectivity index (χ0) is 12.9. The van der Waals surface area contributed by atoms with E-state index in [1.807, 2.05) is 13.8 Å². The molecular weight excluding hydrogens is 222 g/mol. The average Bonchev–Trinajstić information content (AvgIpc) is 2.25. The Kier molecular flexibility index (Phi) is 4.89. The third-order valence-corrected chi connectivity index (χ3v) is 2.73. The number of nitrogens with one attached hydrogen (secondary N) is 2. The van der Waals surface area contributed by atoms with Crippen molar-refractivity contribution in [3.8, 4) is 0 Å². The number of rotatable bonds is 5. The fourth-order valence-corrected chi connectivity index (χ4v) is 1.75. The van der Waals surface area contributed by atoms with E-state index in [-0.39, 0.29) is 18.4 Å². The number of piperazine rings is 1. The van der Waals surface area contributed by atoms with Crippen LogP contribution in [0.25, 0.3) is 0 Å². The predicted octanol–water partition coefficient (Wildman–Crippen LogP) is -1.04. The molecule has 6 heteroatoms. The molecule has 0 unspecified atom stereocenters. The molecule has 6 nitrogen and oxygen atoms in total. The van der Waals surface area contributed by atoms with Gasteiger partial charge in [0.05, 0.1) is 18.7 Å². The first-order chi connectivity index (χ1) is 7.97. The van der Waals surface area contributed by atoms with Crippen LogP contribution in [0.4, 0.5) is 0 Å². The summed E-state index contributed by atoms with van der Waals surface area (Å²) in [4.78, 5) is 25.1. The molecule has 1 fully saturated rings. The Morgan fingerprint density at radius 1 is 1.59 bits per heavy atom. The summed E-state index contributed by atoms with van der Waals surface area (Å²) in [5.41, 5.74) is -0.578. The van der Waals surface area contributed by atoms with Gasteiger partial charge in [-0.2, -0.15) is 0 Å². The van der Waals surface area contributed by atoms with E-state index in [1.54, 1.807) is 12.0 Å². The van der Waals surface area contributed by atoms with Crippen LogP contribution in [0.5, 0.6) is 0 Å². The van der Waals surface area contributed by atoms with Crippen molar-refractivity contribution in [2.45, 2.75) is 19.4 Å². The SMILES string of the molecule is COCCNC(=O)CN1CCNC(C)(C)C1=O. The number of carbonyl (C=O) groups is 2. The van der Waals surface area contributed by atoms with E-state index in [0.717, 1.165) is 0 Å². The molecule has 1 aliphatic heterocycles. The maximum absolute atomic E-state index is 12.0. The van der Waals surface area contributed by atoms with E-state index in [0.29, 0.717) is 26.2 Å². The Hall–Kier alpha value is -1.14. The number of amides is 2. The summed E-state index contributed by atoms with van der Waals surface area (Å²) < 4.78 is 4.83. The highest BCUT2D eigenvalue weighted by Crippen LogP contribution is 2.11. The maximum atomic E-state index is 12.0. The largest absolute Gasteiger partial charge is 0.383 e. The first-order valence-corrected chi connectivity index (χ1v) is 5.77. The number of hydrogen-bond acceptors (Lipinski definition) is 4. The fraction of sp³-hybridized carbons (Fsp3) is 0.818. The van der Waals surface area contributed by atoms with Crippen molar-refractivity contribution in [1.82, 2.24) is 15.5 Å². The molecule has 1 saturated heterocycles. The summed E-state index contributed by atoms with van der Waals surface area (Å²) in [6, 6.07) is 0. The highest BCUT2D eigenvalue weighted by Gasteiger charge is 2.35. The van der Waals surface area contributed by atoms with Gasteiger partial charge in [0.25, 0.3) is 0 Å². The lowest BCUT2D eigenvalue weighted by Crippen LogP contribution is -2.62. The molecule has 0 bridgehead atoms. The normalized spacial score (nSPS) is 19.2. The van der Waals surface area contributed by atoms with Gasteiger partial charge in [0.15, 0.2) is 0 Å². The third-order valence-electron chi connectivity index (χ3n) is 2.73. The van der Waals surface area contributed by atoms with E-state index in [9.17, 15) is 9.59 Å². The summed E-state index contributed by atoms with van der Waals surface area (Å²) in [5.74, 6) is -0.182. The minimum Gasteiger partial charge on any atom is -0.383 e. The van der Waals surface area contributed by atoms with Crippen LogP contribution in [0, 0.1) is 0 Å². The minimum atomic E-state index is -0.578. The number of methoxy groups -OCH3 is 1. The van der Waals surface area contributed by atoms with Crippen molar-refractivity contribution in [3.63, 3.8) is 0 Å². The summed E-state index contributed by atoms with van der Waals surface area (Å²) in [6.07, 6.45) is 0. The topological polar surface area (TPSA) is 70.7 Å². The Morgan fingerprint density at radius 2 is 2.29 bits per heavy atom. The standard InChI is InChI=1S/C11H21N3O3/c1-11(2)10(16)14(6-4-13-11)8-9(15)12-5-7-17-3/h13H,4-8H2,1-3H3,(H,12,15). The zero-order valence-electron chi connectivity index (χ0n) is 10.7. The number of nitrogens with zero attached hydrogens (tertiary/aromatic N) is 1. The summed E-state index contributed by atoms with van der Waals surface area (Å²) in [6.45, 7) is 6.00. The van der Waals surface area contributed by atoms with Gasteiger partial charge in [-0.05, 0) is 13.8 Å². The second-order valence-electron chi connectivity index (χ2n) is 4.62. The van der Waals surface area contributed by atoms with Gasteiger partial charge in [-0.1, -0.05) is 0 Å². The molecule has 17 heavy (non-hydrogen) atoms. The molecule has 98 valence electrons. The lowest BCUT2D eigenvalue weighted by atomic mass is 10.0. The Morgan fingerprint density at radius 3 is 2.94 bits per heavy atom. The molecule has 0 aromatic heterocycles. The van der Waals surface area contributed by atoms with Crippen molar-refractivity contribution in [3.05, 3.63) is 0 Å². The van der Waals surface area contributed by atoms with E-state index < -0.39 is 5.54 Å². The zero-order valence-corrected chi connectivity index (χ0v) is 10.7. The highest BCUT2D eigenvalue weighted by molar-refractivity contribution is 5.90. The molecule has 0 spiro atoms. The summed E-state index contributed by atoms with van der Waals surface area (Å²) >= 11 is 0. The Balaban J connectivity index is 2.40. The molecule has 0 atom stereocenters. The first-order valence-electron chi connectivity index (χ1n) is 5.77. The van der Waals surface area contributed by atoms with Crippen molar-refractivity contribution in [1.29, 1.82) is 0 Å². The second kappa shape index (κ2) is 5.97. The molecule has 0 radical (unpaired) electrons. The van der Waals surface area contributed by atoms with Crippen LogP contribution in [-0.4, -0.2) is 62.1 Å². The van der Waals surface area contributed by atoms with Gasteiger partial charge in [0.2, 0.25) is 11.8 Å². The lowest BCUT2D eigenvalue weighted by molar-refractivity contribution is -0.143. The molecule has 0 saturated carbocycles. The van der Waals surface area contributed by atoms with Gasteiger partial charge in [-0.25, -0.2) is 0 Å². The smallest absolute Gasteiger partial charge is 0.242 e. The van der Waals surface area contributed by atoms with Gasteiger partial charge in [0.1, 0.15) is 0 Å². The van der Waals surface area contributed by atoms with Crippen LogP contribution in [0.2, 0.25) is 0 Å². The lowest BCUT2D eigenvalue weighted by Gasteiger charge is -2.37. The Labute approximate surface area is 102 Å². The van der Waals surface area contributed by atoms with Crippen molar-refractivity contribution in [2.24, 2.45) is 0 Å². The monoisotopic (exact) mass is 243 g/mol. The molecule has 0 aromatic rings. The molecule has 1 rings (SSSR count). The van der Waals surface area contributed by atoms with Crippen LogP contribution in [-0.2, 0) is 14.3 Å². The van der Waals surface area contributed by atoms with Gasteiger partial charge in [0, 0.05) is 26.7 Å². The first kappa shape index (κ1) is 13.9. The summed E-state index contributed by atoms with van der Waals surface area (Å²) in [7, 11) is 1.58. The van der Waals surface area contributed by atoms with Gasteiger partial charge in [-0.15, -0.1) is 0 Å². The highest BCUT2D eigenvalue weighted by atomic mass is 16.5. The van der Waals surface area contributed by atoms with Crippen molar-refractivity contribution < 1.29 is 14.3 Å².